The normalized spacial score (nSPS) is 21.0. The fourth-order valence-corrected chi connectivity index (χ4v) is 1.31. The van der Waals surface area contributed by atoms with Crippen LogP contribution >= 0.6 is 0 Å². The van der Waals surface area contributed by atoms with E-state index >= 15 is 0 Å². The Morgan fingerprint density at radius 3 is 2.25 bits per heavy atom. The van der Waals surface area contributed by atoms with Crippen molar-refractivity contribution < 1.29 is 27.3 Å². The summed E-state index contributed by atoms with van der Waals surface area (Å²) in [5, 5.41) is 0. The molecule has 1 heterocycles. The van der Waals surface area contributed by atoms with E-state index in [9.17, 15) is 8.78 Å². The molecule has 1 radical (unpaired) electrons. The summed E-state index contributed by atoms with van der Waals surface area (Å²) in [5.74, 6) is 0. The monoisotopic (exact) mass is 214 g/mol. The van der Waals surface area contributed by atoms with Gasteiger partial charge in [-0.05, 0) is 13.1 Å². The molecule has 5 heteroatoms. The smallest absolute Gasteiger partial charge is 0.251 e. The number of halogens is 2. The minimum atomic E-state index is -2.22. The zero-order chi connectivity index (χ0) is 8.27. The predicted octanol–water partition coefficient (Wildman–Crippen LogP) is 1.77. The first-order valence-electron chi connectivity index (χ1n) is 3.90. The van der Waals surface area contributed by atoms with E-state index in [-0.39, 0.29) is 31.1 Å². The van der Waals surface area contributed by atoms with Gasteiger partial charge >= 0.3 is 0 Å². The van der Waals surface area contributed by atoms with Crippen molar-refractivity contribution >= 4 is 0 Å². The summed E-state index contributed by atoms with van der Waals surface area (Å²) in [6.07, 6.45) is -0.739. The summed E-state index contributed by atoms with van der Waals surface area (Å²) >= 11 is 0. The second-order valence-electron chi connectivity index (χ2n) is 2.97. The number of hydrogen-bond acceptors (Lipinski definition) is 1. The standard InChI is InChI=1S/C7H13F2N2.V/c8-7(9)5-11-3-1-6(10)2-4-11;/h6-7,10H,1-5H2;/q-1;. The maximum absolute atomic E-state index is 11.8. The van der Waals surface area contributed by atoms with Crippen molar-refractivity contribution in [1.29, 1.82) is 0 Å². The molecule has 0 aliphatic carbocycles. The Morgan fingerprint density at radius 1 is 1.33 bits per heavy atom. The molecule has 0 atom stereocenters. The molecule has 12 heavy (non-hydrogen) atoms. The van der Waals surface area contributed by atoms with Crippen LogP contribution in [0.15, 0.2) is 0 Å². The molecule has 0 aromatic heterocycles. The van der Waals surface area contributed by atoms with Gasteiger partial charge in [0.05, 0.1) is 6.54 Å². The average molecular weight is 214 g/mol. The van der Waals surface area contributed by atoms with Gasteiger partial charge in [0.2, 0.25) is 0 Å². The molecule has 1 N–H and O–H groups in total. The van der Waals surface area contributed by atoms with Crippen LogP contribution in [-0.4, -0.2) is 37.0 Å². The van der Waals surface area contributed by atoms with Crippen molar-refractivity contribution in [3.8, 4) is 0 Å². The molecule has 1 fully saturated rings. The van der Waals surface area contributed by atoms with Crippen molar-refractivity contribution in [1.82, 2.24) is 4.90 Å². The zero-order valence-electron chi connectivity index (χ0n) is 6.84. The summed E-state index contributed by atoms with van der Waals surface area (Å²) in [4.78, 5) is 1.73. The minimum Gasteiger partial charge on any atom is -0.675 e. The second-order valence-corrected chi connectivity index (χ2v) is 2.97. The SMILES string of the molecule is [NH-]C1CCN(CC(F)F)CC1.[V]. The number of rotatable bonds is 2. The molecule has 0 saturated carbocycles. The van der Waals surface area contributed by atoms with Crippen LogP contribution in [-0.2, 0) is 18.6 Å². The van der Waals surface area contributed by atoms with E-state index in [0.717, 1.165) is 12.8 Å². The Morgan fingerprint density at radius 2 is 1.83 bits per heavy atom. The number of alkyl halides is 2. The fourth-order valence-electron chi connectivity index (χ4n) is 1.31. The van der Waals surface area contributed by atoms with Crippen LogP contribution in [0.4, 0.5) is 8.78 Å². The van der Waals surface area contributed by atoms with Gasteiger partial charge in [0.15, 0.2) is 0 Å². The summed E-state index contributed by atoms with van der Waals surface area (Å²) < 4.78 is 23.7. The van der Waals surface area contributed by atoms with E-state index in [0.29, 0.717) is 13.1 Å². The van der Waals surface area contributed by atoms with E-state index in [2.05, 4.69) is 0 Å². The van der Waals surface area contributed by atoms with E-state index in [1.54, 1.807) is 4.90 Å². The van der Waals surface area contributed by atoms with Crippen molar-refractivity contribution in [3.05, 3.63) is 5.73 Å². The molecule has 0 bridgehead atoms. The summed E-state index contributed by atoms with van der Waals surface area (Å²) in [7, 11) is 0. The van der Waals surface area contributed by atoms with Crippen LogP contribution in [0.2, 0.25) is 0 Å². The molecular formula is C7H13F2N2V-. The Hall–Kier alpha value is 0.364. The van der Waals surface area contributed by atoms with Crippen LogP contribution in [0.1, 0.15) is 12.8 Å². The molecule has 1 rings (SSSR count). The average Bonchev–Trinajstić information content (AvgIpc) is 1.93. The van der Waals surface area contributed by atoms with Gasteiger partial charge in [0, 0.05) is 18.6 Å². The first-order chi connectivity index (χ1) is 5.18. The van der Waals surface area contributed by atoms with Crippen LogP contribution in [0.5, 0.6) is 0 Å². The molecule has 0 unspecified atom stereocenters. The summed E-state index contributed by atoms with van der Waals surface area (Å²) in [5.41, 5.74) is 7.33. The molecular weight excluding hydrogens is 201 g/mol. The van der Waals surface area contributed by atoms with E-state index < -0.39 is 6.43 Å². The van der Waals surface area contributed by atoms with Gasteiger partial charge in [0.1, 0.15) is 0 Å². The number of piperidine rings is 1. The van der Waals surface area contributed by atoms with Crippen molar-refractivity contribution in [2.75, 3.05) is 19.6 Å². The third-order valence-corrected chi connectivity index (χ3v) is 1.98. The maximum atomic E-state index is 11.8. The molecule has 0 amide bonds. The van der Waals surface area contributed by atoms with Crippen LogP contribution < -0.4 is 0 Å². The summed E-state index contributed by atoms with van der Waals surface area (Å²) in [6, 6.07) is -0.0241. The van der Waals surface area contributed by atoms with Gasteiger partial charge in [-0.3, -0.25) is 4.90 Å². The van der Waals surface area contributed by atoms with Crippen molar-refractivity contribution in [3.63, 3.8) is 0 Å². The number of likely N-dealkylation sites (tertiary alicyclic amines) is 1. The molecule has 1 saturated heterocycles. The first-order valence-corrected chi connectivity index (χ1v) is 3.90. The summed E-state index contributed by atoms with van der Waals surface area (Å²) in [6.45, 7) is 1.21. The van der Waals surface area contributed by atoms with E-state index in [1.165, 1.54) is 0 Å². The zero-order valence-corrected chi connectivity index (χ0v) is 8.24. The fraction of sp³-hybridized carbons (Fsp3) is 1.00. The van der Waals surface area contributed by atoms with Crippen LogP contribution in [0.3, 0.4) is 0 Å². The molecule has 1 aliphatic rings. The van der Waals surface area contributed by atoms with Crippen molar-refractivity contribution in [2.45, 2.75) is 25.3 Å². The molecule has 71 valence electrons. The van der Waals surface area contributed by atoms with Gasteiger partial charge in [-0.2, -0.15) is 0 Å². The van der Waals surface area contributed by atoms with Crippen LogP contribution in [0, 0.1) is 0 Å². The Kier molecular flexibility index (Phi) is 6.10. The van der Waals surface area contributed by atoms with Gasteiger partial charge in [-0.15, -0.1) is 6.04 Å². The second kappa shape index (κ2) is 5.92. The van der Waals surface area contributed by atoms with Crippen LogP contribution in [0.25, 0.3) is 5.73 Å². The number of nitrogens with zero attached hydrogens (tertiary/aromatic N) is 1. The maximum Gasteiger partial charge on any atom is 0.251 e. The number of hydrogen-bond donors (Lipinski definition) is 0. The first kappa shape index (κ1) is 12.4. The molecule has 0 spiro atoms. The molecule has 0 aromatic carbocycles. The predicted molar refractivity (Wildman–Crippen MR) is 39.8 cm³/mol. The topological polar surface area (TPSA) is 27.0 Å². The van der Waals surface area contributed by atoms with Gasteiger partial charge < -0.3 is 5.73 Å². The van der Waals surface area contributed by atoms with Gasteiger partial charge in [-0.25, -0.2) is 8.78 Å². The molecule has 0 aromatic rings. The van der Waals surface area contributed by atoms with E-state index in [1.807, 2.05) is 0 Å². The third-order valence-electron chi connectivity index (χ3n) is 1.98. The quantitative estimate of drug-likeness (QED) is 0.688. The molecule has 1 aliphatic heterocycles. The Balaban J connectivity index is 0.00000121. The Bertz CT molecular complexity index is 116. The Labute approximate surface area is 83.4 Å². The van der Waals surface area contributed by atoms with Crippen molar-refractivity contribution in [2.24, 2.45) is 0 Å². The third kappa shape index (κ3) is 4.40. The minimum absolute atomic E-state index is 0. The largest absolute Gasteiger partial charge is 0.675 e. The molecule has 2 nitrogen and oxygen atoms in total. The number of nitrogens with one attached hydrogen (secondary N) is 1. The van der Waals surface area contributed by atoms with E-state index in [4.69, 9.17) is 5.73 Å². The van der Waals surface area contributed by atoms with Gasteiger partial charge in [0.25, 0.3) is 6.43 Å². The van der Waals surface area contributed by atoms with Gasteiger partial charge in [-0.1, -0.05) is 12.8 Å².